The van der Waals surface area contributed by atoms with Gasteiger partial charge in [-0.05, 0) is 24.3 Å². The van der Waals surface area contributed by atoms with Crippen molar-refractivity contribution in [1.82, 2.24) is 0 Å². The number of nitrogens with zero attached hydrogens (tertiary/aromatic N) is 1. The van der Waals surface area contributed by atoms with Gasteiger partial charge in [0.15, 0.2) is 11.5 Å². The van der Waals surface area contributed by atoms with Crippen molar-refractivity contribution in [3.63, 3.8) is 0 Å². The molecule has 0 spiro atoms. The van der Waals surface area contributed by atoms with Gasteiger partial charge in [-0.15, -0.1) is 0 Å². The van der Waals surface area contributed by atoms with Crippen molar-refractivity contribution >= 4 is 38.9 Å². The predicted molar refractivity (Wildman–Crippen MR) is 102 cm³/mol. The molecular formula is C17H19ClN2O5S. The first-order valence-corrected chi connectivity index (χ1v) is 9.67. The molecule has 0 heterocycles. The van der Waals surface area contributed by atoms with Crippen LogP contribution in [0.2, 0.25) is 5.02 Å². The molecule has 0 saturated heterocycles. The van der Waals surface area contributed by atoms with Gasteiger partial charge in [0.2, 0.25) is 10.0 Å². The number of nitrogens with one attached hydrogen (secondary N) is 1. The Balaban J connectivity index is 2.55. The summed E-state index contributed by atoms with van der Waals surface area (Å²) in [6.45, 7) is 0. The quantitative estimate of drug-likeness (QED) is 0.808. The zero-order valence-corrected chi connectivity index (χ0v) is 16.3. The van der Waals surface area contributed by atoms with Crippen molar-refractivity contribution in [2.24, 2.45) is 0 Å². The van der Waals surface area contributed by atoms with Crippen LogP contribution in [0, 0.1) is 0 Å². The summed E-state index contributed by atoms with van der Waals surface area (Å²) in [5, 5.41) is 3.15. The maximum absolute atomic E-state index is 12.8. The van der Waals surface area contributed by atoms with E-state index in [0.717, 1.165) is 10.6 Å². The van der Waals surface area contributed by atoms with Crippen LogP contribution in [0.3, 0.4) is 0 Å². The highest BCUT2D eigenvalue weighted by Gasteiger charge is 2.23. The van der Waals surface area contributed by atoms with Crippen LogP contribution in [0.4, 0.5) is 11.4 Å². The molecule has 0 radical (unpaired) electrons. The number of amides is 1. The van der Waals surface area contributed by atoms with Gasteiger partial charge in [-0.1, -0.05) is 17.7 Å². The SMILES string of the molecule is COc1cc(C(=O)Nc2cccc(Cl)c2)c(N(C)S(C)(=O)=O)cc1OC. The van der Waals surface area contributed by atoms with E-state index in [9.17, 15) is 13.2 Å². The lowest BCUT2D eigenvalue weighted by atomic mass is 10.1. The van der Waals surface area contributed by atoms with E-state index >= 15 is 0 Å². The van der Waals surface area contributed by atoms with Crippen LogP contribution in [-0.2, 0) is 10.0 Å². The van der Waals surface area contributed by atoms with E-state index in [1.165, 1.54) is 33.4 Å². The van der Waals surface area contributed by atoms with Gasteiger partial charge in [0.05, 0.1) is 31.7 Å². The Labute approximate surface area is 157 Å². The summed E-state index contributed by atoms with van der Waals surface area (Å²) in [7, 11) is 0.605. The number of rotatable bonds is 6. The Morgan fingerprint density at radius 1 is 1.12 bits per heavy atom. The fourth-order valence-corrected chi connectivity index (χ4v) is 2.95. The van der Waals surface area contributed by atoms with Gasteiger partial charge in [-0.2, -0.15) is 0 Å². The van der Waals surface area contributed by atoms with E-state index in [1.54, 1.807) is 24.3 Å². The molecule has 1 amide bonds. The van der Waals surface area contributed by atoms with Crippen LogP contribution in [0.25, 0.3) is 0 Å². The Bertz CT molecular complexity index is 931. The van der Waals surface area contributed by atoms with Crippen LogP contribution in [-0.4, -0.2) is 41.8 Å². The largest absolute Gasteiger partial charge is 0.493 e. The van der Waals surface area contributed by atoms with Crippen molar-refractivity contribution in [2.45, 2.75) is 0 Å². The van der Waals surface area contributed by atoms with Gasteiger partial charge in [-0.3, -0.25) is 9.10 Å². The smallest absolute Gasteiger partial charge is 0.257 e. The van der Waals surface area contributed by atoms with Crippen LogP contribution < -0.4 is 19.1 Å². The van der Waals surface area contributed by atoms with Crippen molar-refractivity contribution in [3.8, 4) is 11.5 Å². The molecule has 0 atom stereocenters. The van der Waals surface area contributed by atoms with Crippen LogP contribution >= 0.6 is 11.6 Å². The molecule has 0 aliphatic heterocycles. The zero-order valence-electron chi connectivity index (χ0n) is 14.7. The van der Waals surface area contributed by atoms with Gasteiger partial charge < -0.3 is 14.8 Å². The Kier molecular flexibility index (Phi) is 5.99. The third-order valence-electron chi connectivity index (χ3n) is 3.67. The third kappa shape index (κ3) is 4.39. The first-order chi connectivity index (χ1) is 12.2. The van der Waals surface area contributed by atoms with Crippen LogP contribution in [0.1, 0.15) is 10.4 Å². The first-order valence-electron chi connectivity index (χ1n) is 7.44. The average molecular weight is 399 g/mol. The second-order valence-electron chi connectivity index (χ2n) is 5.42. The molecular weight excluding hydrogens is 380 g/mol. The third-order valence-corrected chi connectivity index (χ3v) is 5.09. The molecule has 7 nitrogen and oxygen atoms in total. The van der Waals surface area contributed by atoms with E-state index < -0.39 is 15.9 Å². The highest BCUT2D eigenvalue weighted by atomic mass is 35.5. The molecule has 9 heteroatoms. The van der Waals surface area contributed by atoms with Crippen molar-refractivity contribution in [2.75, 3.05) is 37.1 Å². The average Bonchev–Trinajstić information content (AvgIpc) is 2.59. The van der Waals surface area contributed by atoms with E-state index in [1.807, 2.05) is 0 Å². The number of ether oxygens (including phenoxy) is 2. The standard InChI is InChI=1S/C17H19ClN2O5S/c1-20(26(4,22)23)14-10-16(25-3)15(24-2)9-13(14)17(21)19-12-7-5-6-11(18)8-12/h5-10H,1-4H3,(H,19,21). The highest BCUT2D eigenvalue weighted by Crippen LogP contribution is 2.36. The Morgan fingerprint density at radius 3 is 2.27 bits per heavy atom. The number of methoxy groups -OCH3 is 2. The normalized spacial score (nSPS) is 11.0. The van der Waals surface area contributed by atoms with Gasteiger partial charge >= 0.3 is 0 Å². The number of carbonyl (C=O) groups excluding carboxylic acids is 1. The molecule has 26 heavy (non-hydrogen) atoms. The summed E-state index contributed by atoms with van der Waals surface area (Å²) in [6, 6.07) is 9.49. The summed E-state index contributed by atoms with van der Waals surface area (Å²) < 4.78 is 35.4. The van der Waals surface area contributed by atoms with E-state index in [-0.39, 0.29) is 11.3 Å². The van der Waals surface area contributed by atoms with Crippen molar-refractivity contribution in [1.29, 1.82) is 0 Å². The number of hydrogen-bond acceptors (Lipinski definition) is 5. The molecule has 2 rings (SSSR count). The second-order valence-corrected chi connectivity index (χ2v) is 7.87. The minimum absolute atomic E-state index is 0.107. The lowest BCUT2D eigenvalue weighted by Gasteiger charge is -2.22. The summed E-state index contributed by atoms with van der Waals surface area (Å²) in [4.78, 5) is 12.8. The highest BCUT2D eigenvalue weighted by molar-refractivity contribution is 7.92. The summed E-state index contributed by atoms with van der Waals surface area (Å²) >= 11 is 5.93. The molecule has 0 unspecified atom stereocenters. The molecule has 2 aromatic carbocycles. The van der Waals surface area contributed by atoms with E-state index in [4.69, 9.17) is 21.1 Å². The van der Waals surface area contributed by atoms with Crippen LogP contribution in [0.15, 0.2) is 36.4 Å². The molecule has 0 aliphatic carbocycles. The van der Waals surface area contributed by atoms with Crippen LogP contribution in [0.5, 0.6) is 11.5 Å². The second kappa shape index (κ2) is 7.84. The van der Waals surface area contributed by atoms with E-state index in [2.05, 4.69) is 5.32 Å². The number of hydrogen-bond donors (Lipinski definition) is 1. The number of carbonyl (C=O) groups is 1. The maximum Gasteiger partial charge on any atom is 0.257 e. The predicted octanol–water partition coefficient (Wildman–Crippen LogP) is 3.01. The molecule has 0 aliphatic rings. The number of benzene rings is 2. The molecule has 0 aromatic heterocycles. The lowest BCUT2D eigenvalue weighted by Crippen LogP contribution is -2.28. The Morgan fingerprint density at radius 2 is 1.73 bits per heavy atom. The fourth-order valence-electron chi connectivity index (χ4n) is 2.25. The molecule has 2 aromatic rings. The number of anilines is 2. The fraction of sp³-hybridized carbons (Fsp3) is 0.235. The molecule has 1 N–H and O–H groups in total. The molecule has 140 valence electrons. The van der Waals surface area contributed by atoms with E-state index in [0.29, 0.717) is 22.2 Å². The number of halogens is 1. The van der Waals surface area contributed by atoms with Gasteiger partial charge in [0, 0.05) is 23.8 Å². The molecule has 0 bridgehead atoms. The van der Waals surface area contributed by atoms with Crippen molar-refractivity contribution in [3.05, 3.63) is 47.0 Å². The summed E-state index contributed by atoms with van der Waals surface area (Å²) in [5.74, 6) is 0.0884. The Hall–Kier alpha value is -2.45. The topological polar surface area (TPSA) is 84.9 Å². The molecule has 0 saturated carbocycles. The minimum Gasteiger partial charge on any atom is -0.493 e. The molecule has 0 fully saturated rings. The van der Waals surface area contributed by atoms with Crippen molar-refractivity contribution < 1.29 is 22.7 Å². The zero-order chi connectivity index (χ0) is 19.5. The van der Waals surface area contributed by atoms with Gasteiger partial charge in [0.1, 0.15) is 0 Å². The lowest BCUT2D eigenvalue weighted by molar-refractivity contribution is 0.102. The minimum atomic E-state index is -3.60. The maximum atomic E-state index is 12.8. The number of sulfonamides is 1. The van der Waals surface area contributed by atoms with Gasteiger partial charge in [0.25, 0.3) is 5.91 Å². The van der Waals surface area contributed by atoms with Gasteiger partial charge in [-0.25, -0.2) is 8.42 Å². The summed E-state index contributed by atoms with van der Waals surface area (Å²) in [6.07, 6.45) is 1.04. The summed E-state index contributed by atoms with van der Waals surface area (Å²) in [5.41, 5.74) is 0.741. The monoisotopic (exact) mass is 398 g/mol. The first kappa shape index (κ1) is 19.9.